The third kappa shape index (κ3) is 5.42. The first kappa shape index (κ1) is 28.7. The molecule has 3 saturated heterocycles. The lowest BCUT2D eigenvalue weighted by atomic mass is 9.62. The molecule has 4 heterocycles. The van der Waals surface area contributed by atoms with Gasteiger partial charge in [-0.2, -0.15) is 9.97 Å². The number of carbonyl (C=O) groups excluding carboxylic acids is 1. The van der Waals surface area contributed by atoms with Gasteiger partial charge in [0.1, 0.15) is 23.8 Å². The van der Waals surface area contributed by atoms with Crippen LogP contribution in [0.4, 0.5) is 10.6 Å². The topological polar surface area (TPSA) is 91.3 Å². The normalized spacial score (nSPS) is 24.9. The summed E-state index contributed by atoms with van der Waals surface area (Å²) in [6.07, 6.45) is 10.6. The van der Waals surface area contributed by atoms with E-state index in [1.165, 1.54) is 42.4 Å². The Balaban J connectivity index is 1.18. The van der Waals surface area contributed by atoms with Crippen molar-refractivity contribution < 1.29 is 19.4 Å². The van der Waals surface area contributed by atoms with Gasteiger partial charge in [-0.05, 0) is 121 Å². The Hall–Kier alpha value is -3.07. The van der Waals surface area contributed by atoms with E-state index in [4.69, 9.17) is 19.4 Å². The number of hydrogen-bond donors (Lipinski definition) is 1. The van der Waals surface area contributed by atoms with Crippen LogP contribution in [0.25, 0.3) is 0 Å². The van der Waals surface area contributed by atoms with Crippen LogP contribution >= 0.6 is 0 Å². The number of hydrogen-bond acceptors (Lipinski definition) is 8. The van der Waals surface area contributed by atoms with Crippen LogP contribution < -0.4 is 9.64 Å². The van der Waals surface area contributed by atoms with E-state index in [9.17, 15) is 9.90 Å². The highest BCUT2D eigenvalue weighted by Crippen LogP contribution is 2.48. The van der Waals surface area contributed by atoms with Crippen LogP contribution in [0.15, 0.2) is 18.2 Å². The van der Waals surface area contributed by atoms with E-state index in [1.54, 1.807) is 4.90 Å². The summed E-state index contributed by atoms with van der Waals surface area (Å²) >= 11 is 0. The van der Waals surface area contributed by atoms with E-state index in [-0.39, 0.29) is 17.0 Å². The number of nitrogens with zero attached hydrogens (tertiary/aromatic N) is 5. The van der Waals surface area contributed by atoms with Crippen molar-refractivity contribution in [3.63, 3.8) is 0 Å². The first-order valence-electron chi connectivity index (χ1n) is 16.5. The quantitative estimate of drug-likeness (QED) is 0.533. The van der Waals surface area contributed by atoms with Gasteiger partial charge in [-0.15, -0.1) is 0 Å². The number of amides is 1. The summed E-state index contributed by atoms with van der Waals surface area (Å²) in [5.74, 6) is 1.32. The molecule has 232 valence electrons. The number of phenolic OH excluding ortho intramolecular Hbond substituents is 1. The smallest absolute Gasteiger partial charge is 0.410 e. The summed E-state index contributed by atoms with van der Waals surface area (Å²) in [5, 5.41) is 10.4. The Morgan fingerprint density at radius 3 is 2.47 bits per heavy atom. The Labute approximate surface area is 255 Å². The zero-order valence-corrected chi connectivity index (χ0v) is 26.2. The molecule has 7 rings (SSSR count). The lowest BCUT2D eigenvalue weighted by Crippen LogP contribution is -2.50. The molecule has 1 spiro atoms. The van der Waals surface area contributed by atoms with Crippen molar-refractivity contribution in [3.05, 3.63) is 40.6 Å². The second-order valence-electron chi connectivity index (χ2n) is 14.6. The maximum atomic E-state index is 12.8. The first-order chi connectivity index (χ1) is 20.6. The number of benzene rings is 1. The van der Waals surface area contributed by atoms with Crippen LogP contribution in [0.1, 0.15) is 88.1 Å². The molecule has 2 aliphatic carbocycles. The maximum absolute atomic E-state index is 12.8. The van der Waals surface area contributed by atoms with Gasteiger partial charge < -0.3 is 24.4 Å². The lowest BCUT2D eigenvalue weighted by molar-refractivity contribution is 0.0240. The number of rotatable bonds is 4. The minimum Gasteiger partial charge on any atom is -0.508 e. The van der Waals surface area contributed by atoms with Crippen LogP contribution in [0.5, 0.6) is 11.8 Å². The van der Waals surface area contributed by atoms with Gasteiger partial charge in [-0.25, -0.2) is 4.79 Å². The molecule has 9 heteroatoms. The highest BCUT2D eigenvalue weighted by atomic mass is 16.6. The second-order valence-corrected chi connectivity index (χ2v) is 14.6. The molecular weight excluding hydrogens is 542 g/mol. The second kappa shape index (κ2) is 10.8. The SMILES string of the molecule is CC(C)(C)OC(=O)N1CCN(c2nc(OCC34CCCN3CCC4)nc3c2CCC2(CCCc4ccc(O)cc42)C3)CC1. The molecule has 0 radical (unpaired) electrons. The Morgan fingerprint density at radius 1 is 0.953 bits per heavy atom. The van der Waals surface area contributed by atoms with Crippen LogP contribution in [-0.2, 0) is 29.4 Å². The largest absolute Gasteiger partial charge is 0.508 e. The van der Waals surface area contributed by atoms with Gasteiger partial charge in [-0.1, -0.05) is 6.07 Å². The summed E-state index contributed by atoms with van der Waals surface area (Å²) in [4.78, 5) is 29.7. The Bertz CT molecular complexity index is 1370. The number of piperazine rings is 1. The van der Waals surface area contributed by atoms with Crippen LogP contribution in [-0.4, -0.2) is 88.0 Å². The summed E-state index contributed by atoms with van der Waals surface area (Å²) in [7, 11) is 0. The fourth-order valence-electron chi connectivity index (χ4n) is 8.56. The molecule has 1 aromatic heterocycles. The molecule has 1 atom stereocenters. The number of ether oxygens (including phenoxy) is 2. The summed E-state index contributed by atoms with van der Waals surface area (Å²) in [5.41, 5.74) is 4.55. The number of carbonyl (C=O) groups is 1. The number of aryl methyl sites for hydroxylation is 1. The molecule has 3 fully saturated rings. The Morgan fingerprint density at radius 2 is 1.72 bits per heavy atom. The Kier molecular flexibility index (Phi) is 7.22. The minimum atomic E-state index is -0.510. The van der Waals surface area contributed by atoms with Gasteiger partial charge in [0, 0.05) is 37.2 Å². The van der Waals surface area contributed by atoms with Crippen LogP contribution in [0, 0.1) is 0 Å². The lowest BCUT2D eigenvalue weighted by Gasteiger charge is -2.44. The number of anilines is 1. The van der Waals surface area contributed by atoms with Crippen molar-refractivity contribution >= 4 is 11.9 Å². The average molecular weight is 590 g/mol. The highest BCUT2D eigenvalue weighted by molar-refractivity contribution is 5.68. The molecule has 1 amide bonds. The number of fused-ring (bicyclic) bond motifs is 4. The van der Waals surface area contributed by atoms with Gasteiger partial charge in [0.2, 0.25) is 0 Å². The zero-order chi connectivity index (χ0) is 29.8. The predicted octanol–water partition coefficient (Wildman–Crippen LogP) is 5.01. The van der Waals surface area contributed by atoms with Gasteiger partial charge in [0.25, 0.3) is 0 Å². The monoisotopic (exact) mass is 589 g/mol. The number of phenols is 1. The van der Waals surface area contributed by atoms with Gasteiger partial charge in [0.15, 0.2) is 0 Å². The average Bonchev–Trinajstić information content (AvgIpc) is 3.56. The van der Waals surface area contributed by atoms with Gasteiger partial charge in [-0.3, -0.25) is 4.90 Å². The van der Waals surface area contributed by atoms with Crippen molar-refractivity contribution in [2.75, 3.05) is 50.8 Å². The first-order valence-corrected chi connectivity index (χ1v) is 16.5. The molecule has 3 aliphatic heterocycles. The highest BCUT2D eigenvalue weighted by Gasteiger charge is 2.46. The van der Waals surface area contributed by atoms with E-state index in [0.29, 0.717) is 44.5 Å². The van der Waals surface area contributed by atoms with E-state index in [0.717, 1.165) is 63.1 Å². The van der Waals surface area contributed by atoms with Crippen LogP contribution in [0.2, 0.25) is 0 Å². The number of aromatic nitrogens is 2. The zero-order valence-electron chi connectivity index (χ0n) is 26.2. The van der Waals surface area contributed by atoms with Crippen molar-refractivity contribution in [1.82, 2.24) is 19.8 Å². The van der Waals surface area contributed by atoms with Crippen molar-refractivity contribution in [2.24, 2.45) is 0 Å². The summed E-state index contributed by atoms with van der Waals surface area (Å²) < 4.78 is 12.2. The fourth-order valence-corrected chi connectivity index (χ4v) is 8.56. The van der Waals surface area contributed by atoms with Gasteiger partial charge >= 0.3 is 12.1 Å². The van der Waals surface area contributed by atoms with E-state index in [1.807, 2.05) is 32.9 Å². The third-order valence-electron chi connectivity index (χ3n) is 10.7. The molecule has 1 aromatic carbocycles. The van der Waals surface area contributed by atoms with Gasteiger partial charge in [0.05, 0.1) is 11.2 Å². The standard InChI is InChI=1S/C34H47N5O4/c1-32(2,3)43-31(41)38-19-17-37(18-20-38)29-26-10-14-33(11-4-7-24-8-9-25(40)21-27(24)33)22-28(26)35-30(36-29)42-23-34-12-5-15-39(34)16-6-13-34/h8-9,21,40H,4-7,10-20,22-23H2,1-3H3. The molecular formula is C34H47N5O4. The molecule has 1 unspecified atom stereocenters. The minimum absolute atomic E-state index is 0.0238. The summed E-state index contributed by atoms with van der Waals surface area (Å²) in [6.45, 7) is 11.3. The molecule has 9 nitrogen and oxygen atoms in total. The van der Waals surface area contributed by atoms with E-state index < -0.39 is 5.60 Å². The molecule has 5 aliphatic rings. The third-order valence-corrected chi connectivity index (χ3v) is 10.7. The molecule has 0 bridgehead atoms. The van der Waals surface area contributed by atoms with E-state index >= 15 is 0 Å². The predicted molar refractivity (Wildman–Crippen MR) is 165 cm³/mol. The van der Waals surface area contributed by atoms with Crippen LogP contribution in [0.3, 0.4) is 0 Å². The summed E-state index contributed by atoms with van der Waals surface area (Å²) in [6, 6.07) is 6.43. The molecule has 0 saturated carbocycles. The molecule has 2 aromatic rings. The van der Waals surface area contributed by atoms with E-state index in [2.05, 4.69) is 15.9 Å². The van der Waals surface area contributed by atoms with Crippen molar-refractivity contribution in [2.45, 2.75) is 102 Å². The van der Waals surface area contributed by atoms with Crippen molar-refractivity contribution in [1.29, 1.82) is 0 Å². The molecule has 1 N–H and O–H groups in total. The molecule has 43 heavy (non-hydrogen) atoms. The maximum Gasteiger partial charge on any atom is 0.410 e. The number of aromatic hydroxyl groups is 1. The fraction of sp³-hybridized carbons (Fsp3) is 0.676. The van der Waals surface area contributed by atoms with Crippen molar-refractivity contribution in [3.8, 4) is 11.8 Å².